The second-order valence-electron chi connectivity index (χ2n) is 5.90. The molecule has 2 rings (SSSR count). The Labute approximate surface area is 161 Å². The predicted octanol–water partition coefficient (Wildman–Crippen LogP) is 1.70. The van der Waals surface area contributed by atoms with Crippen molar-refractivity contribution in [3.05, 3.63) is 30.1 Å². The molecule has 1 fully saturated rings. The summed E-state index contributed by atoms with van der Waals surface area (Å²) in [5, 5.41) is 2.89. The highest BCUT2D eigenvalue weighted by Crippen LogP contribution is 2.18. The van der Waals surface area contributed by atoms with Crippen molar-refractivity contribution in [3.8, 4) is 0 Å². The number of rotatable bonds is 7. The van der Waals surface area contributed by atoms with Crippen molar-refractivity contribution in [3.63, 3.8) is 0 Å². The predicted molar refractivity (Wildman–Crippen MR) is 103 cm³/mol. The van der Waals surface area contributed by atoms with Gasteiger partial charge in [0.1, 0.15) is 0 Å². The highest BCUT2D eigenvalue weighted by molar-refractivity contribution is 5.85. The van der Waals surface area contributed by atoms with Crippen LogP contribution in [0.1, 0.15) is 37.8 Å². The van der Waals surface area contributed by atoms with E-state index in [-0.39, 0.29) is 42.7 Å². The summed E-state index contributed by atoms with van der Waals surface area (Å²) in [7, 11) is 0. The summed E-state index contributed by atoms with van der Waals surface area (Å²) in [6, 6.07) is 5.84. The molecule has 1 aromatic heterocycles. The molecule has 0 saturated carbocycles. The average Bonchev–Trinajstić information content (AvgIpc) is 2.59. The lowest BCUT2D eigenvalue weighted by atomic mass is 10.0. The lowest BCUT2D eigenvalue weighted by molar-refractivity contribution is -0.135. The van der Waals surface area contributed by atoms with Crippen molar-refractivity contribution in [1.29, 1.82) is 0 Å². The third-order valence-electron chi connectivity index (χ3n) is 4.17. The van der Waals surface area contributed by atoms with Crippen molar-refractivity contribution in [2.75, 3.05) is 19.6 Å². The van der Waals surface area contributed by atoms with Crippen LogP contribution in [-0.4, -0.2) is 47.4 Å². The first kappa shape index (κ1) is 23.6. The number of piperidine rings is 1. The molecule has 0 aliphatic carbocycles. The van der Waals surface area contributed by atoms with Gasteiger partial charge in [0.25, 0.3) is 0 Å². The van der Waals surface area contributed by atoms with E-state index in [2.05, 4.69) is 10.3 Å². The molecule has 2 heterocycles. The minimum absolute atomic E-state index is 0. The smallest absolute Gasteiger partial charge is 0.223 e. The number of nitrogens with two attached hydrogens (primary N) is 1. The molecule has 1 aliphatic rings. The first-order valence-electron chi connectivity index (χ1n) is 8.37. The van der Waals surface area contributed by atoms with Crippen LogP contribution in [0.15, 0.2) is 24.4 Å². The molecule has 0 aromatic carbocycles. The summed E-state index contributed by atoms with van der Waals surface area (Å²) >= 11 is 0. The summed E-state index contributed by atoms with van der Waals surface area (Å²) in [6.07, 6.45) is 6.27. The molecule has 1 saturated heterocycles. The lowest BCUT2D eigenvalue weighted by Crippen LogP contribution is -2.49. The molecule has 6 nitrogen and oxygen atoms in total. The molecule has 0 radical (unpaired) electrons. The minimum Gasteiger partial charge on any atom is -0.354 e. The second kappa shape index (κ2) is 12.9. The maximum absolute atomic E-state index is 12.5. The van der Waals surface area contributed by atoms with E-state index < -0.39 is 0 Å². The Morgan fingerprint density at radius 3 is 2.72 bits per heavy atom. The van der Waals surface area contributed by atoms with Gasteiger partial charge < -0.3 is 16.0 Å². The van der Waals surface area contributed by atoms with Crippen molar-refractivity contribution in [2.45, 2.75) is 44.6 Å². The summed E-state index contributed by atoms with van der Waals surface area (Å²) in [4.78, 5) is 30.3. The largest absolute Gasteiger partial charge is 0.354 e. The number of hydrogen-bond donors (Lipinski definition) is 2. The Morgan fingerprint density at radius 2 is 2.04 bits per heavy atom. The van der Waals surface area contributed by atoms with Gasteiger partial charge in [-0.15, -0.1) is 24.8 Å². The third-order valence-corrected chi connectivity index (χ3v) is 4.17. The molecule has 0 spiro atoms. The number of halogens is 2. The number of pyridine rings is 1. The highest BCUT2D eigenvalue weighted by atomic mass is 35.5. The van der Waals surface area contributed by atoms with Crippen LogP contribution in [0, 0.1) is 0 Å². The van der Waals surface area contributed by atoms with Crippen LogP contribution < -0.4 is 11.1 Å². The molecule has 2 amide bonds. The van der Waals surface area contributed by atoms with Crippen LogP contribution in [0.25, 0.3) is 0 Å². The number of likely N-dealkylation sites (tertiary alicyclic amines) is 1. The van der Waals surface area contributed by atoms with Gasteiger partial charge in [-0.05, 0) is 37.8 Å². The SMILES string of the molecule is Cl.Cl.NCCC(=O)NCC1CCCCN1C(=O)CCc1ccccn1. The first-order valence-corrected chi connectivity index (χ1v) is 8.37. The topological polar surface area (TPSA) is 88.3 Å². The molecular weight excluding hydrogens is 363 g/mol. The number of aromatic nitrogens is 1. The van der Waals surface area contributed by atoms with Gasteiger partial charge in [-0.1, -0.05) is 6.07 Å². The van der Waals surface area contributed by atoms with Crippen molar-refractivity contribution < 1.29 is 9.59 Å². The number of nitrogens with zero attached hydrogens (tertiary/aromatic N) is 2. The minimum atomic E-state index is -0.0426. The van der Waals surface area contributed by atoms with E-state index in [1.165, 1.54) is 0 Å². The maximum atomic E-state index is 12.5. The normalized spacial score (nSPS) is 16.4. The quantitative estimate of drug-likeness (QED) is 0.741. The van der Waals surface area contributed by atoms with Crippen LogP contribution in [0.5, 0.6) is 0 Å². The van der Waals surface area contributed by atoms with Gasteiger partial charge in [0, 0.05) is 50.4 Å². The number of aryl methyl sites for hydroxylation is 1. The van der Waals surface area contributed by atoms with E-state index >= 15 is 0 Å². The van der Waals surface area contributed by atoms with Gasteiger partial charge in [0.15, 0.2) is 0 Å². The molecule has 25 heavy (non-hydrogen) atoms. The van der Waals surface area contributed by atoms with E-state index in [9.17, 15) is 9.59 Å². The molecule has 142 valence electrons. The van der Waals surface area contributed by atoms with Crippen molar-refractivity contribution in [1.82, 2.24) is 15.2 Å². The van der Waals surface area contributed by atoms with Crippen LogP contribution in [0.3, 0.4) is 0 Å². The number of carbonyl (C=O) groups is 2. The molecule has 3 N–H and O–H groups in total. The Kier molecular flexibility index (Phi) is 12.2. The highest BCUT2D eigenvalue weighted by Gasteiger charge is 2.26. The molecular formula is C17H28Cl2N4O2. The monoisotopic (exact) mass is 390 g/mol. The fourth-order valence-electron chi connectivity index (χ4n) is 2.92. The molecule has 8 heteroatoms. The summed E-state index contributed by atoms with van der Waals surface area (Å²) in [6.45, 7) is 1.65. The number of nitrogens with one attached hydrogen (secondary N) is 1. The van der Waals surface area contributed by atoms with E-state index in [4.69, 9.17) is 5.73 Å². The third kappa shape index (κ3) is 8.03. The zero-order chi connectivity index (χ0) is 16.5. The molecule has 1 atom stereocenters. The van der Waals surface area contributed by atoms with Crippen LogP contribution in [0.4, 0.5) is 0 Å². The molecule has 1 unspecified atom stereocenters. The molecule has 1 aliphatic heterocycles. The number of hydrogen-bond acceptors (Lipinski definition) is 4. The van der Waals surface area contributed by atoms with Gasteiger partial charge >= 0.3 is 0 Å². The molecule has 0 bridgehead atoms. The lowest BCUT2D eigenvalue weighted by Gasteiger charge is -2.36. The van der Waals surface area contributed by atoms with Crippen molar-refractivity contribution >= 4 is 36.6 Å². The van der Waals surface area contributed by atoms with E-state index in [0.29, 0.717) is 32.4 Å². The van der Waals surface area contributed by atoms with E-state index in [1.807, 2.05) is 23.1 Å². The summed E-state index contributed by atoms with van der Waals surface area (Å²) < 4.78 is 0. The van der Waals surface area contributed by atoms with Crippen molar-refractivity contribution in [2.24, 2.45) is 5.73 Å². The zero-order valence-electron chi connectivity index (χ0n) is 14.4. The Morgan fingerprint density at radius 1 is 1.24 bits per heavy atom. The van der Waals surface area contributed by atoms with Crippen LogP contribution in [-0.2, 0) is 16.0 Å². The number of amides is 2. The van der Waals surface area contributed by atoms with Gasteiger partial charge in [0.2, 0.25) is 11.8 Å². The Balaban J connectivity index is 0.00000288. The Bertz CT molecular complexity index is 517. The van der Waals surface area contributed by atoms with Gasteiger partial charge in [-0.2, -0.15) is 0 Å². The summed E-state index contributed by atoms with van der Waals surface area (Å²) in [5.74, 6) is 0.104. The Hall–Kier alpha value is -1.37. The van der Waals surface area contributed by atoms with Gasteiger partial charge in [-0.3, -0.25) is 14.6 Å². The van der Waals surface area contributed by atoms with Crippen LogP contribution in [0.2, 0.25) is 0 Å². The summed E-state index contributed by atoms with van der Waals surface area (Å²) in [5.41, 5.74) is 6.31. The average molecular weight is 391 g/mol. The standard InChI is InChI=1S/C17H26N4O2.2ClH/c18-10-9-16(22)20-13-15-6-2-4-12-21(15)17(23)8-7-14-5-1-3-11-19-14;;/h1,3,5,11,15H,2,4,6-10,12-13,18H2,(H,20,22);2*1H. The molecule has 1 aromatic rings. The van der Waals surface area contributed by atoms with Gasteiger partial charge in [-0.25, -0.2) is 0 Å². The van der Waals surface area contributed by atoms with E-state index in [0.717, 1.165) is 31.5 Å². The fourth-order valence-corrected chi connectivity index (χ4v) is 2.92. The zero-order valence-corrected chi connectivity index (χ0v) is 16.0. The number of carbonyl (C=O) groups excluding carboxylic acids is 2. The maximum Gasteiger partial charge on any atom is 0.223 e. The fraction of sp³-hybridized carbons (Fsp3) is 0.588. The second-order valence-corrected chi connectivity index (χ2v) is 5.90. The first-order chi connectivity index (χ1) is 11.2. The van der Waals surface area contributed by atoms with Gasteiger partial charge in [0.05, 0.1) is 0 Å². The van der Waals surface area contributed by atoms with E-state index in [1.54, 1.807) is 6.20 Å². The van der Waals surface area contributed by atoms with Crippen LogP contribution >= 0.6 is 24.8 Å².